The van der Waals surface area contributed by atoms with Crippen LogP contribution in [0.3, 0.4) is 0 Å². The number of rotatable bonds is 6. The maximum Gasteiger partial charge on any atom is 0.433 e. The van der Waals surface area contributed by atoms with Gasteiger partial charge in [-0.3, -0.25) is 14.9 Å². The number of hydrazone groups is 1. The number of amides is 1. The molecule has 2 aromatic carbocycles. The number of carbonyl (C=O) groups is 2. The summed E-state index contributed by atoms with van der Waals surface area (Å²) in [6, 6.07) is 13.9. The van der Waals surface area contributed by atoms with Gasteiger partial charge in [-0.15, -0.1) is 0 Å². The maximum absolute atomic E-state index is 13.3. The molecule has 0 saturated heterocycles. The molecule has 0 bridgehead atoms. The van der Waals surface area contributed by atoms with Crippen molar-refractivity contribution in [2.75, 3.05) is 12.1 Å². The zero-order valence-electron chi connectivity index (χ0n) is 16.8. The van der Waals surface area contributed by atoms with Crippen LogP contribution in [0.1, 0.15) is 26.5 Å². The zero-order valence-corrected chi connectivity index (χ0v) is 19.2. The van der Waals surface area contributed by atoms with Crippen LogP contribution in [0.4, 0.5) is 11.0 Å². The largest absolute Gasteiger partial charge is 0.465 e. The maximum atomic E-state index is 13.3. The molecule has 33 heavy (non-hydrogen) atoms. The van der Waals surface area contributed by atoms with E-state index in [1.165, 1.54) is 61.1 Å². The van der Waals surface area contributed by atoms with Crippen molar-refractivity contribution in [2.24, 2.45) is 5.10 Å². The minimum Gasteiger partial charge on any atom is -0.465 e. The third-order valence-corrected chi connectivity index (χ3v) is 5.85. The van der Waals surface area contributed by atoms with Gasteiger partial charge in [0, 0.05) is 10.0 Å². The molecule has 12 heteroatoms. The Morgan fingerprint density at radius 2 is 1.91 bits per heavy atom. The molecule has 0 aliphatic heterocycles. The molecular formula is C21H13BrN4O6S. The van der Waals surface area contributed by atoms with Crippen molar-refractivity contribution in [3.8, 4) is 0 Å². The summed E-state index contributed by atoms with van der Waals surface area (Å²) in [6.45, 7) is 0. The third-order valence-electron chi connectivity index (χ3n) is 4.36. The number of hydrogen-bond acceptors (Lipinski definition) is 9. The third kappa shape index (κ3) is 4.81. The van der Waals surface area contributed by atoms with Gasteiger partial charge in [-0.25, -0.2) is 9.78 Å². The number of thiazole rings is 1. The van der Waals surface area contributed by atoms with E-state index >= 15 is 0 Å². The number of anilines is 1. The molecule has 0 radical (unpaired) electrons. The lowest BCUT2D eigenvalue weighted by atomic mass is 10.1. The SMILES string of the molecule is COC(=O)c1ccc(C(=O)N(/N=C/c2ccc([N+](=O)[O-])o2)c2nc3ccc(Br)cc3s2)cc1. The number of nitro groups is 1. The van der Waals surface area contributed by atoms with Crippen molar-refractivity contribution in [2.45, 2.75) is 0 Å². The molecular weight excluding hydrogens is 516 g/mol. The minimum absolute atomic E-state index is 0.0874. The Labute approximate surface area is 198 Å². The molecule has 10 nitrogen and oxygen atoms in total. The number of methoxy groups -OCH3 is 1. The Hall–Kier alpha value is -3.90. The van der Waals surface area contributed by atoms with Crippen LogP contribution in [0.5, 0.6) is 0 Å². The molecule has 1 amide bonds. The van der Waals surface area contributed by atoms with E-state index in [0.717, 1.165) is 14.2 Å². The van der Waals surface area contributed by atoms with Crippen molar-refractivity contribution in [3.63, 3.8) is 0 Å². The standard InChI is InChI=1S/C21H13BrN4O6S/c1-31-20(28)13-4-2-12(3-5-13)19(27)25(23-11-15-7-9-18(32-15)26(29)30)21-24-16-8-6-14(22)10-17(16)33-21/h2-11H,1H3/b23-11+. The van der Waals surface area contributed by atoms with E-state index in [1.54, 1.807) is 6.07 Å². The second kappa shape index (κ2) is 9.30. The number of esters is 1. The zero-order chi connectivity index (χ0) is 23.5. The van der Waals surface area contributed by atoms with Gasteiger partial charge in [-0.1, -0.05) is 27.3 Å². The Morgan fingerprint density at radius 1 is 1.18 bits per heavy atom. The molecule has 0 fully saturated rings. The van der Waals surface area contributed by atoms with Gasteiger partial charge in [-0.05, 0) is 48.5 Å². The molecule has 0 aliphatic carbocycles. The molecule has 2 heterocycles. The first kappa shape index (κ1) is 22.3. The van der Waals surface area contributed by atoms with Gasteiger partial charge in [-0.2, -0.15) is 10.1 Å². The number of fused-ring (bicyclic) bond motifs is 1. The first-order valence-corrected chi connectivity index (χ1v) is 10.8. The van der Waals surface area contributed by atoms with Crippen LogP contribution in [0, 0.1) is 10.1 Å². The van der Waals surface area contributed by atoms with Crippen molar-refractivity contribution in [1.82, 2.24) is 4.98 Å². The number of ether oxygens (including phenoxy) is 1. The van der Waals surface area contributed by atoms with Crippen LogP contribution in [-0.2, 0) is 4.74 Å². The number of nitrogens with zero attached hydrogens (tertiary/aromatic N) is 4. The van der Waals surface area contributed by atoms with Gasteiger partial charge >= 0.3 is 11.9 Å². The van der Waals surface area contributed by atoms with E-state index in [9.17, 15) is 19.7 Å². The molecule has 4 rings (SSSR count). The summed E-state index contributed by atoms with van der Waals surface area (Å²) >= 11 is 4.64. The van der Waals surface area contributed by atoms with E-state index in [2.05, 4.69) is 30.8 Å². The van der Waals surface area contributed by atoms with Gasteiger partial charge in [0.25, 0.3) is 5.91 Å². The highest BCUT2D eigenvalue weighted by molar-refractivity contribution is 9.10. The molecule has 166 valence electrons. The number of benzene rings is 2. The lowest BCUT2D eigenvalue weighted by Crippen LogP contribution is -2.25. The van der Waals surface area contributed by atoms with E-state index in [1.807, 2.05) is 12.1 Å². The van der Waals surface area contributed by atoms with Gasteiger partial charge in [0.2, 0.25) is 5.13 Å². The fourth-order valence-corrected chi connectivity index (χ4v) is 4.25. The van der Waals surface area contributed by atoms with Gasteiger partial charge < -0.3 is 9.15 Å². The quantitative estimate of drug-likeness (QED) is 0.148. The molecule has 0 saturated carbocycles. The van der Waals surface area contributed by atoms with Crippen LogP contribution in [0.15, 0.2) is 68.6 Å². The average molecular weight is 529 g/mol. The molecule has 0 unspecified atom stereocenters. The molecule has 2 aromatic heterocycles. The molecule has 0 N–H and O–H groups in total. The van der Waals surface area contributed by atoms with Gasteiger partial charge in [0.1, 0.15) is 4.92 Å². The van der Waals surface area contributed by atoms with Gasteiger partial charge in [0.15, 0.2) is 5.76 Å². The van der Waals surface area contributed by atoms with E-state index in [4.69, 9.17) is 4.42 Å². The fraction of sp³-hybridized carbons (Fsp3) is 0.0476. The average Bonchev–Trinajstić information content (AvgIpc) is 3.45. The number of aromatic nitrogens is 1. The summed E-state index contributed by atoms with van der Waals surface area (Å²) in [5.74, 6) is -1.41. The monoisotopic (exact) mass is 528 g/mol. The van der Waals surface area contributed by atoms with Crippen LogP contribution in [0.25, 0.3) is 10.2 Å². The Bertz CT molecular complexity index is 1400. The number of furan rings is 1. The fourth-order valence-electron chi connectivity index (χ4n) is 2.78. The number of hydrogen-bond donors (Lipinski definition) is 0. The summed E-state index contributed by atoms with van der Waals surface area (Å²) < 4.78 is 11.4. The second-order valence-electron chi connectivity index (χ2n) is 6.47. The highest BCUT2D eigenvalue weighted by atomic mass is 79.9. The highest BCUT2D eigenvalue weighted by Gasteiger charge is 2.22. The van der Waals surface area contributed by atoms with Crippen molar-refractivity contribution in [1.29, 1.82) is 0 Å². The number of carbonyl (C=O) groups excluding carboxylic acids is 2. The first-order valence-electron chi connectivity index (χ1n) is 9.23. The molecule has 0 atom stereocenters. The minimum atomic E-state index is -0.672. The Balaban J connectivity index is 1.72. The lowest BCUT2D eigenvalue weighted by Gasteiger charge is -2.13. The molecule has 4 aromatic rings. The van der Waals surface area contributed by atoms with E-state index in [0.29, 0.717) is 5.52 Å². The van der Waals surface area contributed by atoms with E-state index < -0.39 is 22.7 Å². The predicted molar refractivity (Wildman–Crippen MR) is 125 cm³/mol. The normalized spacial score (nSPS) is 11.1. The van der Waals surface area contributed by atoms with Crippen LogP contribution >= 0.6 is 27.3 Å². The first-order chi connectivity index (χ1) is 15.9. The molecule has 0 aliphatic rings. The summed E-state index contributed by atoms with van der Waals surface area (Å²) in [7, 11) is 1.27. The highest BCUT2D eigenvalue weighted by Crippen LogP contribution is 2.32. The predicted octanol–water partition coefficient (Wildman–Crippen LogP) is 5.03. The van der Waals surface area contributed by atoms with Crippen molar-refractivity contribution >= 4 is 66.6 Å². The lowest BCUT2D eigenvalue weighted by molar-refractivity contribution is -0.402. The Morgan fingerprint density at radius 3 is 2.58 bits per heavy atom. The smallest absolute Gasteiger partial charge is 0.433 e. The van der Waals surface area contributed by atoms with E-state index in [-0.39, 0.29) is 22.0 Å². The van der Waals surface area contributed by atoms with Crippen LogP contribution in [0.2, 0.25) is 0 Å². The Kier molecular flexibility index (Phi) is 6.29. The summed E-state index contributed by atoms with van der Waals surface area (Å²) in [6.07, 6.45) is 1.19. The molecule has 0 spiro atoms. The second-order valence-corrected chi connectivity index (χ2v) is 8.40. The van der Waals surface area contributed by atoms with Gasteiger partial charge in [0.05, 0.1) is 35.2 Å². The summed E-state index contributed by atoms with van der Waals surface area (Å²) in [4.78, 5) is 39.6. The van der Waals surface area contributed by atoms with Crippen molar-refractivity contribution < 1.29 is 23.7 Å². The van der Waals surface area contributed by atoms with Crippen LogP contribution in [-0.4, -0.2) is 35.1 Å². The summed E-state index contributed by atoms with van der Waals surface area (Å²) in [5, 5.41) is 16.4. The van der Waals surface area contributed by atoms with Crippen molar-refractivity contribution in [3.05, 3.63) is 86.1 Å². The number of halogens is 1. The summed E-state index contributed by atoms with van der Waals surface area (Å²) in [5.41, 5.74) is 1.20. The topological polar surface area (TPSA) is 128 Å². The van der Waals surface area contributed by atoms with Crippen LogP contribution < -0.4 is 5.01 Å².